The van der Waals surface area contributed by atoms with E-state index in [0.29, 0.717) is 0 Å². The molecule has 0 saturated carbocycles. The molecule has 1 aromatic carbocycles. The number of carbonyl (C=O) groups excluding carboxylic acids is 1. The summed E-state index contributed by atoms with van der Waals surface area (Å²) in [6, 6.07) is 3.77. The van der Waals surface area contributed by atoms with Gasteiger partial charge in [0.2, 0.25) is 5.91 Å². The lowest BCUT2D eigenvalue weighted by Gasteiger charge is -2.18. The van der Waals surface area contributed by atoms with E-state index in [-0.39, 0.29) is 10.6 Å². The van der Waals surface area contributed by atoms with Crippen LogP contribution in [0, 0.1) is 17.7 Å². The van der Waals surface area contributed by atoms with Gasteiger partial charge in [0.25, 0.3) is 0 Å². The largest absolute Gasteiger partial charge is 0.481 e. The number of hydrogen-bond donors (Lipinski definition) is 1. The molecule has 1 aliphatic heterocycles. The molecule has 23 heavy (non-hydrogen) atoms. The number of alkyl halides is 3. The van der Waals surface area contributed by atoms with Crippen LogP contribution in [0.1, 0.15) is 5.56 Å². The summed E-state index contributed by atoms with van der Waals surface area (Å²) in [5.41, 5.74) is -0.124. The molecule has 0 aromatic heterocycles. The fourth-order valence-electron chi connectivity index (χ4n) is 2.55. The van der Waals surface area contributed by atoms with Crippen LogP contribution in [0.4, 0.5) is 17.6 Å². The van der Waals surface area contributed by atoms with E-state index in [1.807, 2.05) is 0 Å². The SMILES string of the molecule is O=C(O)[C@@H]1CN(C(=O)Cc2c(F)cccc2Cl)C[C@H]1C(F)(F)F. The van der Waals surface area contributed by atoms with Gasteiger partial charge in [0.15, 0.2) is 0 Å². The lowest BCUT2D eigenvalue weighted by molar-refractivity contribution is -0.188. The van der Waals surface area contributed by atoms with Crippen LogP contribution in [0.5, 0.6) is 0 Å². The highest BCUT2D eigenvalue weighted by atomic mass is 35.5. The zero-order valence-electron chi connectivity index (χ0n) is 11.6. The predicted molar refractivity (Wildman–Crippen MR) is 72.4 cm³/mol. The third-order valence-electron chi connectivity index (χ3n) is 3.80. The molecule has 1 aromatic rings. The van der Waals surface area contributed by atoms with Crippen molar-refractivity contribution in [3.63, 3.8) is 0 Å². The maximum absolute atomic E-state index is 13.6. The molecule has 126 valence electrons. The van der Waals surface area contributed by atoms with Gasteiger partial charge in [-0.1, -0.05) is 17.7 Å². The Balaban J connectivity index is 2.16. The van der Waals surface area contributed by atoms with Crippen LogP contribution >= 0.6 is 11.6 Å². The maximum atomic E-state index is 13.6. The summed E-state index contributed by atoms with van der Waals surface area (Å²) in [4.78, 5) is 23.9. The van der Waals surface area contributed by atoms with Crippen LogP contribution in [0.2, 0.25) is 5.02 Å². The number of carbonyl (C=O) groups is 2. The molecule has 0 radical (unpaired) electrons. The second-order valence-corrected chi connectivity index (χ2v) is 5.68. The van der Waals surface area contributed by atoms with Gasteiger partial charge in [-0.25, -0.2) is 4.39 Å². The van der Waals surface area contributed by atoms with Gasteiger partial charge < -0.3 is 10.0 Å². The number of amides is 1. The van der Waals surface area contributed by atoms with E-state index in [4.69, 9.17) is 16.7 Å². The van der Waals surface area contributed by atoms with Crippen molar-refractivity contribution in [3.8, 4) is 0 Å². The number of nitrogens with zero attached hydrogens (tertiary/aromatic N) is 1. The van der Waals surface area contributed by atoms with Gasteiger partial charge >= 0.3 is 12.1 Å². The van der Waals surface area contributed by atoms with Crippen molar-refractivity contribution >= 4 is 23.5 Å². The van der Waals surface area contributed by atoms with Crippen LogP contribution in [-0.2, 0) is 16.0 Å². The molecular formula is C14H12ClF4NO3. The van der Waals surface area contributed by atoms with Crippen molar-refractivity contribution in [3.05, 3.63) is 34.6 Å². The average molecular weight is 354 g/mol. The number of aliphatic carboxylic acids is 1. The Bertz CT molecular complexity index is 615. The summed E-state index contributed by atoms with van der Waals surface area (Å²) < 4.78 is 52.3. The standard InChI is InChI=1S/C14H12ClF4NO3/c15-10-2-1-3-11(16)7(10)4-12(21)20-5-8(13(22)23)9(6-20)14(17,18)19/h1-3,8-9H,4-6H2,(H,22,23)/t8-,9-/m1/s1. The number of hydrogen-bond acceptors (Lipinski definition) is 2. The summed E-state index contributed by atoms with van der Waals surface area (Å²) in [5.74, 6) is -7.02. The molecule has 1 amide bonds. The fraction of sp³-hybridized carbons (Fsp3) is 0.429. The number of rotatable bonds is 3. The molecule has 9 heteroatoms. The van der Waals surface area contributed by atoms with E-state index in [2.05, 4.69) is 0 Å². The highest BCUT2D eigenvalue weighted by molar-refractivity contribution is 6.31. The van der Waals surface area contributed by atoms with E-state index in [1.54, 1.807) is 0 Å². The second-order valence-electron chi connectivity index (χ2n) is 5.27. The fourth-order valence-corrected chi connectivity index (χ4v) is 2.78. The van der Waals surface area contributed by atoms with E-state index in [1.165, 1.54) is 12.1 Å². The van der Waals surface area contributed by atoms with Crippen molar-refractivity contribution in [2.75, 3.05) is 13.1 Å². The minimum Gasteiger partial charge on any atom is -0.481 e. The Labute approximate surface area is 133 Å². The van der Waals surface area contributed by atoms with Crippen LogP contribution in [-0.4, -0.2) is 41.1 Å². The Hall–Kier alpha value is -1.83. The molecule has 2 atom stereocenters. The highest BCUT2D eigenvalue weighted by Gasteiger charge is 2.53. The summed E-state index contributed by atoms with van der Waals surface area (Å²) in [7, 11) is 0. The summed E-state index contributed by atoms with van der Waals surface area (Å²) in [5, 5.41) is 8.89. The van der Waals surface area contributed by atoms with Gasteiger partial charge in [0.05, 0.1) is 18.3 Å². The molecular weight excluding hydrogens is 342 g/mol. The summed E-state index contributed by atoms with van der Waals surface area (Å²) in [6.45, 7) is -1.32. The number of halogens is 5. The van der Waals surface area contributed by atoms with Crippen molar-refractivity contribution < 1.29 is 32.3 Å². The third kappa shape index (κ3) is 3.74. The monoisotopic (exact) mass is 353 g/mol. The third-order valence-corrected chi connectivity index (χ3v) is 4.15. The minimum atomic E-state index is -4.73. The first kappa shape index (κ1) is 17.5. The van der Waals surface area contributed by atoms with Crippen molar-refractivity contribution in [1.29, 1.82) is 0 Å². The molecule has 0 unspecified atom stereocenters. The number of carboxylic acids is 1. The van der Waals surface area contributed by atoms with Gasteiger partial charge in [0.1, 0.15) is 5.82 Å². The van der Waals surface area contributed by atoms with Gasteiger partial charge in [-0.2, -0.15) is 13.2 Å². The van der Waals surface area contributed by atoms with Crippen LogP contribution in [0.15, 0.2) is 18.2 Å². The lowest BCUT2D eigenvalue weighted by Crippen LogP contribution is -2.34. The second kappa shape index (κ2) is 6.35. The summed E-state index contributed by atoms with van der Waals surface area (Å²) in [6.07, 6.45) is -5.25. The van der Waals surface area contributed by atoms with Crippen molar-refractivity contribution in [1.82, 2.24) is 4.90 Å². The van der Waals surface area contributed by atoms with Gasteiger partial charge in [-0.05, 0) is 12.1 Å². The Morgan fingerprint density at radius 1 is 1.30 bits per heavy atom. The maximum Gasteiger partial charge on any atom is 0.394 e. The highest BCUT2D eigenvalue weighted by Crippen LogP contribution is 2.38. The van der Waals surface area contributed by atoms with E-state index in [9.17, 15) is 27.2 Å². The first-order valence-corrected chi connectivity index (χ1v) is 6.99. The molecule has 0 aliphatic carbocycles. The van der Waals surface area contributed by atoms with E-state index in [0.717, 1.165) is 11.0 Å². The molecule has 0 spiro atoms. The molecule has 1 saturated heterocycles. The van der Waals surface area contributed by atoms with Crippen LogP contribution < -0.4 is 0 Å². The number of likely N-dealkylation sites (tertiary alicyclic amines) is 1. The first-order chi connectivity index (χ1) is 10.6. The quantitative estimate of drug-likeness (QED) is 0.850. The smallest absolute Gasteiger partial charge is 0.394 e. The number of benzene rings is 1. The Kier molecular flexibility index (Phi) is 4.84. The minimum absolute atomic E-state index is 0.0142. The van der Waals surface area contributed by atoms with Gasteiger partial charge in [-0.15, -0.1) is 0 Å². The van der Waals surface area contributed by atoms with E-state index < -0.39 is 55.2 Å². The van der Waals surface area contributed by atoms with Gasteiger partial charge in [0, 0.05) is 23.7 Å². The molecule has 2 rings (SSSR count). The molecule has 0 bridgehead atoms. The van der Waals surface area contributed by atoms with Crippen LogP contribution in [0.3, 0.4) is 0 Å². The molecule has 1 heterocycles. The predicted octanol–water partition coefficient (Wildman–Crippen LogP) is 2.74. The normalized spacial score (nSPS) is 21.5. The van der Waals surface area contributed by atoms with Crippen molar-refractivity contribution in [2.45, 2.75) is 12.6 Å². The first-order valence-electron chi connectivity index (χ1n) is 6.61. The molecule has 1 aliphatic rings. The molecule has 4 nitrogen and oxygen atoms in total. The summed E-state index contributed by atoms with van der Waals surface area (Å²) >= 11 is 5.78. The lowest BCUT2D eigenvalue weighted by atomic mass is 9.96. The van der Waals surface area contributed by atoms with Crippen molar-refractivity contribution in [2.24, 2.45) is 11.8 Å². The average Bonchev–Trinajstić information content (AvgIpc) is 2.88. The molecule has 1 fully saturated rings. The number of carboxylic acid groups (broad SMARTS) is 1. The topological polar surface area (TPSA) is 57.6 Å². The van der Waals surface area contributed by atoms with E-state index >= 15 is 0 Å². The Morgan fingerprint density at radius 3 is 2.43 bits per heavy atom. The molecule has 1 N–H and O–H groups in total. The van der Waals surface area contributed by atoms with Crippen LogP contribution in [0.25, 0.3) is 0 Å². The Morgan fingerprint density at radius 2 is 1.96 bits per heavy atom. The van der Waals surface area contributed by atoms with Gasteiger partial charge in [-0.3, -0.25) is 9.59 Å². The zero-order valence-corrected chi connectivity index (χ0v) is 12.4. The zero-order chi connectivity index (χ0) is 17.4.